The smallest absolute Gasteiger partial charge is 0.259 e. The zero-order valence-electron chi connectivity index (χ0n) is 16.4. The Morgan fingerprint density at radius 1 is 0.967 bits per heavy atom. The van der Waals surface area contributed by atoms with Gasteiger partial charge in [0.2, 0.25) is 5.88 Å². The lowest BCUT2D eigenvalue weighted by molar-refractivity contribution is 0.102. The highest BCUT2D eigenvalue weighted by atomic mass is 16.5. The molecule has 30 heavy (non-hydrogen) atoms. The van der Waals surface area contributed by atoms with Gasteiger partial charge in [-0.3, -0.25) is 4.79 Å². The molecule has 2 heterocycles. The molecule has 0 saturated carbocycles. The van der Waals surface area contributed by atoms with Gasteiger partial charge in [0.05, 0.1) is 18.4 Å². The van der Waals surface area contributed by atoms with Crippen LogP contribution < -0.4 is 14.8 Å². The van der Waals surface area contributed by atoms with E-state index in [2.05, 4.69) is 20.6 Å². The average Bonchev–Trinajstić information content (AvgIpc) is 3.22. The Morgan fingerprint density at radius 2 is 1.77 bits per heavy atom. The number of nitrogens with zero attached hydrogens (tertiary/aromatic N) is 4. The van der Waals surface area contributed by atoms with E-state index in [1.165, 1.54) is 7.11 Å². The molecule has 0 aliphatic carbocycles. The highest BCUT2D eigenvalue weighted by molar-refractivity contribution is 6.06. The number of aryl methyl sites for hydroxylation is 1. The number of methoxy groups -OCH3 is 1. The molecule has 2 aromatic heterocycles. The van der Waals surface area contributed by atoms with Gasteiger partial charge in [-0.15, -0.1) is 10.2 Å². The van der Waals surface area contributed by atoms with Crippen LogP contribution in [0, 0.1) is 6.92 Å². The van der Waals surface area contributed by atoms with Gasteiger partial charge in [-0.05, 0) is 55.5 Å². The third kappa shape index (κ3) is 4.27. The van der Waals surface area contributed by atoms with Crippen molar-refractivity contribution in [3.8, 4) is 23.2 Å². The van der Waals surface area contributed by atoms with E-state index in [9.17, 15) is 4.79 Å². The first-order valence-corrected chi connectivity index (χ1v) is 9.21. The number of carbonyl (C=O) groups excluding carboxylic acids is 1. The van der Waals surface area contributed by atoms with E-state index in [0.717, 1.165) is 5.69 Å². The van der Waals surface area contributed by atoms with E-state index >= 15 is 0 Å². The standard InChI is InChI=1S/C22H19N5O3/c1-15-13-14-27(26-15)20-11-12-21(25-24-20)30-17-9-7-16(8-10-17)23-22(28)18-5-3-4-6-19(18)29-2/h3-14H,1-2H3,(H,23,28). The van der Waals surface area contributed by atoms with Gasteiger partial charge in [0.15, 0.2) is 5.82 Å². The number of anilines is 1. The predicted octanol–water partition coefficient (Wildman–Crippen LogP) is 4.02. The van der Waals surface area contributed by atoms with Crippen LogP contribution in [0.25, 0.3) is 5.82 Å². The molecule has 0 radical (unpaired) electrons. The Morgan fingerprint density at radius 3 is 2.43 bits per heavy atom. The fraction of sp³-hybridized carbons (Fsp3) is 0.0909. The number of carbonyl (C=O) groups is 1. The fourth-order valence-electron chi connectivity index (χ4n) is 2.79. The second-order valence-electron chi connectivity index (χ2n) is 6.41. The fourth-order valence-corrected chi connectivity index (χ4v) is 2.79. The highest BCUT2D eigenvalue weighted by Crippen LogP contribution is 2.23. The quantitative estimate of drug-likeness (QED) is 0.525. The molecule has 1 amide bonds. The Bertz CT molecular complexity index is 1150. The first-order chi connectivity index (χ1) is 14.6. The minimum absolute atomic E-state index is 0.253. The van der Waals surface area contributed by atoms with Crippen molar-refractivity contribution >= 4 is 11.6 Å². The maximum Gasteiger partial charge on any atom is 0.259 e. The summed E-state index contributed by atoms with van der Waals surface area (Å²) < 4.78 is 12.6. The van der Waals surface area contributed by atoms with Crippen molar-refractivity contribution in [2.24, 2.45) is 0 Å². The number of hydrogen-bond donors (Lipinski definition) is 1. The number of ether oxygens (including phenoxy) is 2. The van der Waals surface area contributed by atoms with Crippen molar-refractivity contribution in [2.45, 2.75) is 6.92 Å². The van der Waals surface area contributed by atoms with Gasteiger partial charge in [-0.2, -0.15) is 5.10 Å². The molecular weight excluding hydrogens is 382 g/mol. The lowest BCUT2D eigenvalue weighted by atomic mass is 10.2. The summed E-state index contributed by atoms with van der Waals surface area (Å²) in [5.41, 5.74) is 1.99. The van der Waals surface area contributed by atoms with Crippen LogP contribution in [-0.4, -0.2) is 33.0 Å². The lowest BCUT2D eigenvalue weighted by Gasteiger charge is -2.10. The van der Waals surface area contributed by atoms with Crippen LogP contribution in [0.1, 0.15) is 16.1 Å². The van der Waals surface area contributed by atoms with Crippen LogP contribution in [0.4, 0.5) is 5.69 Å². The molecule has 4 aromatic rings. The summed E-state index contributed by atoms with van der Waals surface area (Å²) in [7, 11) is 1.53. The molecule has 1 N–H and O–H groups in total. The van der Waals surface area contributed by atoms with Crippen LogP contribution in [0.2, 0.25) is 0 Å². The van der Waals surface area contributed by atoms with E-state index in [4.69, 9.17) is 9.47 Å². The molecule has 2 aromatic carbocycles. The third-order valence-corrected chi connectivity index (χ3v) is 4.27. The number of benzene rings is 2. The number of rotatable bonds is 6. The molecule has 0 spiro atoms. The van der Waals surface area contributed by atoms with Gasteiger partial charge in [-0.25, -0.2) is 4.68 Å². The second-order valence-corrected chi connectivity index (χ2v) is 6.41. The van der Waals surface area contributed by atoms with Gasteiger partial charge in [0.25, 0.3) is 5.91 Å². The van der Waals surface area contributed by atoms with Crippen molar-refractivity contribution < 1.29 is 14.3 Å². The van der Waals surface area contributed by atoms with Crippen molar-refractivity contribution in [2.75, 3.05) is 12.4 Å². The van der Waals surface area contributed by atoms with Gasteiger partial charge in [-0.1, -0.05) is 12.1 Å². The Hall–Kier alpha value is -4.20. The molecule has 8 nitrogen and oxygen atoms in total. The first-order valence-electron chi connectivity index (χ1n) is 9.21. The SMILES string of the molecule is COc1ccccc1C(=O)Nc1ccc(Oc2ccc(-n3ccc(C)n3)nn2)cc1. The Labute approximate surface area is 173 Å². The Kier molecular flexibility index (Phi) is 5.38. The molecule has 150 valence electrons. The number of aromatic nitrogens is 4. The van der Waals surface area contributed by atoms with Crippen molar-refractivity contribution in [3.05, 3.63) is 84.2 Å². The third-order valence-electron chi connectivity index (χ3n) is 4.27. The van der Waals surface area contributed by atoms with Gasteiger partial charge < -0.3 is 14.8 Å². The lowest BCUT2D eigenvalue weighted by Crippen LogP contribution is -2.12. The number of para-hydroxylation sites is 1. The van der Waals surface area contributed by atoms with E-state index < -0.39 is 0 Å². The van der Waals surface area contributed by atoms with Crippen molar-refractivity contribution in [3.63, 3.8) is 0 Å². The minimum Gasteiger partial charge on any atom is -0.496 e. The van der Waals surface area contributed by atoms with Crippen LogP contribution in [0.3, 0.4) is 0 Å². The summed E-state index contributed by atoms with van der Waals surface area (Å²) in [6.07, 6.45) is 1.82. The summed E-state index contributed by atoms with van der Waals surface area (Å²) in [5.74, 6) is 1.79. The summed E-state index contributed by atoms with van der Waals surface area (Å²) >= 11 is 0. The summed E-state index contributed by atoms with van der Waals surface area (Å²) in [6, 6.07) is 19.4. The molecule has 4 rings (SSSR count). The van der Waals surface area contributed by atoms with E-state index in [-0.39, 0.29) is 5.91 Å². The van der Waals surface area contributed by atoms with Crippen molar-refractivity contribution in [1.29, 1.82) is 0 Å². The predicted molar refractivity (Wildman–Crippen MR) is 111 cm³/mol. The van der Waals surface area contributed by atoms with Gasteiger partial charge in [0.1, 0.15) is 11.5 Å². The second kappa shape index (κ2) is 8.44. The maximum absolute atomic E-state index is 12.5. The number of nitrogens with one attached hydrogen (secondary N) is 1. The van der Waals surface area contributed by atoms with Crippen LogP contribution in [0.15, 0.2) is 72.9 Å². The van der Waals surface area contributed by atoms with E-state index in [1.54, 1.807) is 59.3 Å². The maximum atomic E-state index is 12.5. The van der Waals surface area contributed by atoms with E-state index in [1.807, 2.05) is 25.3 Å². The molecule has 0 aliphatic rings. The molecule has 0 unspecified atom stereocenters. The molecular formula is C22H19N5O3. The molecule has 8 heteroatoms. The molecule has 0 bridgehead atoms. The summed E-state index contributed by atoms with van der Waals surface area (Å²) in [5, 5.41) is 15.3. The molecule has 0 fully saturated rings. The minimum atomic E-state index is -0.253. The molecule has 0 saturated heterocycles. The largest absolute Gasteiger partial charge is 0.496 e. The van der Waals surface area contributed by atoms with E-state index in [0.29, 0.717) is 34.4 Å². The zero-order valence-corrected chi connectivity index (χ0v) is 16.4. The van der Waals surface area contributed by atoms with Crippen LogP contribution in [-0.2, 0) is 0 Å². The monoisotopic (exact) mass is 401 g/mol. The van der Waals surface area contributed by atoms with Gasteiger partial charge >= 0.3 is 0 Å². The molecule has 0 aliphatic heterocycles. The number of amides is 1. The van der Waals surface area contributed by atoms with Crippen LogP contribution in [0.5, 0.6) is 17.4 Å². The zero-order chi connectivity index (χ0) is 20.9. The average molecular weight is 401 g/mol. The van der Waals surface area contributed by atoms with Crippen LogP contribution >= 0.6 is 0 Å². The summed E-state index contributed by atoms with van der Waals surface area (Å²) in [4.78, 5) is 12.5. The highest BCUT2D eigenvalue weighted by Gasteiger charge is 2.11. The topological polar surface area (TPSA) is 91.2 Å². The first kappa shape index (κ1) is 19.1. The molecule has 0 atom stereocenters. The summed E-state index contributed by atoms with van der Waals surface area (Å²) in [6.45, 7) is 1.91. The van der Waals surface area contributed by atoms with Gasteiger partial charge in [0, 0.05) is 18.0 Å². The number of hydrogen-bond acceptors (Lipinski definition) is 6. The van der Waals surface area contributed by atoms with Crippen molar-refractivity contribution in [1.82, 2.24) is 20.0 Å². The normalized spacial score (nSPS) is 10.5. The Balaban J connectivity index is 1.40.